The number of amides is 2. The highest BCUT2D eigenvalue weighted by molar-refractivity contribution is 7.92. The van der Waals surface area contributed by atoms with Crippen molar-refractivity contribution in [3.8, 4) is 11.5 Å². The van der Waals surface area contributed by atoms with E-state index in [2.05, 4.69) is 5.32 Å². The lowest BCUT2D eigenvalue weighted by molar-refractivity contribution is -0.140. The van der Waals surface area contributed by atoms with E-state index in [1.54, 1.807) is 44.4 Å². The second-order valence-corrected chi connectivity index (χ2v) is 9.68. The van der Waals surface area contributed by atoms with E-state index in [0.29, 0.717) is 17.2 Å². The minimum Gasteiger partial charge on any atom is -0.497 e. The summed E-state index contributed by atoms with van der Waals surface area (Å²) in [5.41, 5.74) is 1.22. The van der Waals surface area contributed by atoms with E-state index in [-0.39, 0.29) is 37.7 Å². The van der Waals surface area contributed by atoms with Crippen molar-refractivity contribution in [1.29, 1.82) is 0 Å². The largest absolute Gasteiger partial charge is 0.497 e. The third kappa shape index (κ3) is 7.11. The van der Waals surface area contributed by atoms with Gasteiger partial charge in [-0.1, -0.05) is 24.3 Å². The molecule has 0 fully saturated rings. The van der Waals surface area contributed by atoms with E-state index >= 15 is 0 Å². The Morgan fingerprint density at radius 1 is 1.06 bits per heavy atom. The minimum atomic E-state index is -3.61. The van der Waals surface area contributed by atoms with Crippen LogP contribution in [0.25, 0.3) is 0 Å². The number of likely N-dealkylation sites (N-methyl/N-ethyl adjacent to an activating group) is 1. The van der Waals surface area contributed by atoms with Crippen LogP contribution in [0.5, 0.6) is 11.5 Å². The smallest absolute Gasteiger partial charge is 0.242 e. The van der Waals surface area contributed by atoms with Gasteiger partial charge in [0.15, 0.2) is 0 Å². The fourth-order valence-corrected chi connectivity index (χ4v) is 4.55. The van der Waals surface area contributed by atoms with Crippen LogP contribution in [0, 0.1) is 0 Å². The first-order valence-electron chi connectivity index (χ1n) is 10.9. The van der Waals surface area contributed by atoms with Gasteiger partial charge >= 0.3 is 0 Å². The van der Waals surface area contributed by atoms with Gasteiger partial charge in [-0.05, 0) is 43.2 Å². The van der Waals surface area contributed by atoms with Gasteiger partial charge in [0.25, 0.3) is 0 Å². The molecule has 0 aliphatic rings. The highest BCUT2D eigenvalue weighted by Gasteiger charge is 2.26. The van der Waals surface area contributed by atoms with Crippen molar-refractivity contribution in [3.63, 3.8) is 0 Å². The van der Waals surface area contributed by atoms with Gasteiger partial charge in [-0.15, -0.1) is 0 Å². The van der Waals surface area contributed by atoms with Crippen LogP contribution in [-0.2, 0) is 26.2 Å². The summed E-state index contributed by atoms with van der Waals surface area (Å²) in [5, 5.41) is 2.58. The standard InChI is InChI=1S/C24H33N3O6S/c1-18(24(29)25-2)26(17-19-10-8-11-20(16-19)32-3)23(28)14-9-15-27(34(5,30)31)21-12-6-7-13-22(21)33-4/h6-8,10-13,16,18H,9,14-15,17H2,1-5H3,(H,25,29)/t18-/m1/s1. The molecule has 0 aliphatic heterocycles. The average Bonchev–Trinajstić information content (AvgIpc) is 2.83. The van der Waals surface area contributed by atoms with Crippen molar-refractivity contribution >= 4 is 27.5 Å². The molecule has 1 N–H and O–H groups in total. The molecule has 0 unspecified atom stereocenters. The maximum atomic E-state index is 13.2. The number of rotatable bonds is 12. The maximum Gasteiger partial charge on any atom is 0.242 e. The molecule has 0 bridgehead atoms. The summed E-state index contributed by atoms with van der Waals surface area (Å²) in [6.07, 6.45) is 1.44. The van der Waals surface area contributed by atoms with E-state index < -0.39 is 16.1 Å². The van der Waals surface area contributed by atoms with Crippen molar-refractivity contribution < 1.29 is 27.5 Å². The monoisotopic (exact) mass is 491 g/mol. The van der Waals surface area contributed by atoms with Crippen LogP contribution in [0.2, 0.25) is 0 Å². The average molecular weight is 492 g/mol. The Balaban J connectivity index is 2.19. The number of ether oxygens (including phenoxy) is 2. The molecule has 9 nitrogen and oxygen atoms in total. The van der Waals surface area contributed by atoms with Crippen LogP contribution in [0.15, 0.2) is 48.5 Å². The first-order valence-corrected chi connectivity index (χ1v) is 12.7. The van der Waals surface area contributed by atoms with Crippen LogP contribution in [0.3, 0.4) is 0 Å². The van der Waals surface area contributed by atoms with E-state index in [4.69, 9.17) is 9.47 Å². The number of nitrogens with one attached hydrogen (secondary N) is 1. The molecule has 0 spiro atoms. The Hall–Kier alpha value is -3.27. The van der Waals surface area contributed by atoms with Crippen molar-refractivity contribution in [1.82, 2.24) is 10.2 Å². The van der Waals surface area contributed by atoms with Gasteiger partial charge < -0.3 is 19.7 Å². The summed E-state index contributed by atoms with van der Waals surface area (Å²) in [4.78, 5) is 27.0. The quantitative estimate of drug-likeness (QED) is 0.489. The van der Waals surface area contributed by atoms with Crippen LogP contribution >= 0.6 is 0 Å². The molecule has 2 amide bonds. The Morgan fingerprint density at radius 3 is 2.38 bits per heavy atom. The Labute approximate surface area is 201 Å². The molecule has 2 aromatic carbocycles. The lowest BCUT2D eigenvalue weighted by atomic mass is 10.1. The van der Waals surface area contributed by atoms with E-state index in [9.17, 15) is 18.0 Å². The van der Waals surface area contributed by atoms with Gasteiger partial charge in [-0.25, -0.2) is 8.42 Å². The fraction of sp³-hybridized carbons (Fsp3) is 0.417. The molecule has 0 aromatic heterocycles. The van der Waals surface area contributed by atoms with Crippen LogP contribution < -0.4 is 19.1 Å². The Morgan fingerprint density at radius 2 is 1.76 bits per heavy atom. The molecule has 2 rings (SSSR count). The van der Waals surface area contributed by atoms with Gasteiger partial charge in [0.2, 0.25) is 21.8 Å². The summed E-state index contributed by atoms with van der Waals surface area (Å²) in [5.74, 6) is 0.528. The molecular weight excluding hydrogens is 458 g/mol. The minimum absolute atomic E-state index is 0.0620. The normalized spacial score (nSPS) is 11.9. The number of benzene rings is 2. The van der Waals surface area contributed by atoms with Crippen LogP contribution in [0.4, 0.5) is 5.69 Å². The van der Waals surface area contributed by atoms with E-state index in [1.807, 2.05) is 18.2 Å². The predicted octanol–water partition coefficient (Wildman–Crippen LogP) is 2.41. The number of hydrogen-bond acceptors (Lipinski definition) is 6. The van der Waals surface area contributed by atoms with Crippen molar-refractivity contribution in [2.24, 2.45) is 0 Å². The second-order valence-electron chi connectivity index (χ2n) is 7.77. The van der Waals surface area contributed by atoms with Gasteiger partial charge in [0.05, 0.1) is 26.2 Å². The zero-order valence-corrected chi connectivity index (χ0v) is 21.1. The topological polar surface area (TPSA) is 105 Å². The van der Waals surface area contributed by atoms with Gasteiger partial charge in [0, 0.05) is 26.6 Å². The van der Waals surface area contributed by atoms with Crippen LogP contribution in [0.1, 0.15) is 25.3 Å². The molecule has 0 aliphatic carbocycles. The summed E-state index contributed by atoms with van der Waals surface area (Å²) >= 11 is 0. The molecule has 186 valence electrons. The number of carbonyl (C=O) groups excluding carboxylic acids is 2. The summed E-state index contributed by atoms with van der Waals surface area (Å²) in [6, 6.07) is 13.4. The first kappa shape index (κ1) is 27.0. The summed E-state index contributed by atoms with van der Waals surface area (Å²) in [6.45, 7) is 1.97. The second kappa shape index (κ2) is 12.3. The van der Waals surface area contributed by atoms with Gasteiger partial charge in [0.1, 0.15) is 17.5 Å². The van der Waals surface area contributed by atoms with Crippen molar-refractivity contribution in [2.75, 3.05) is 38.4 Å². The number of para-hydroxylation sites is 2. The molecule has 0 saturated heterocycles. The Kier molecular flexibility index (Phi) is 9.73. The number of sulfonamides is 1. The molecule has 34 heavy (non-hydrogen) atoms. The number of hydrogen-bond donors (Lipinski definition) is 1. The first-order chi connectivity index (χ1) is 16.1. The SMILES string of the molecule is CNC(=O)[C@@H](C)N(Cc1cccc(OC)c1)C(=O)CCCN(c1ccccc1OC)S(C)(=O)=O. The molecule has 1 atom stereocenters. The van der Waals surface area contributed by atoms with E-state index in [0.717, 1.165) is 11.8 Å². The number of nitrogens with zero attached hydrogens (tertiary/aromatic N) is 2. The summed E-state index contributed by atoms with van der Waals surface area (Å²) in [7, 11) is 0.941. The van der Waals surface area contributed by atoms with E-state index in [1.165, 1.54) is 23.4 Å². The molecule has 2 aromatic rings. The Bertz CT molecular complexity index is 1090. The molecule has 10 heteroatoms. The molecule has 0 heterocycles. The number of carbonyl (C=O) groups is 2. The third-order valence-electron chi connectivity index (χ3n) is 5.41. The summed E-state index contributed by atoms with van der Waals surface area (Å²) < 4.78 is 36.7. The van der Waals surface area contributed by atoms with Gasteiger partial charge in [-0.3, -0.25) is 13.9 Å². The highest BCUT2D eigenvalue weighted by atomic mass is 32.2. The number of methoxy groups -OCH3 is 2. The maximum absolute atomic E-state index is 13.2. The van der Waals surface area contributed by atoms with Crippen molar-refractivity contribution in [3.05, 3.63) is 54.1 Å². The molecule has 0 radical (unpaired) electrons. The van der Waals surface area contributed by atoms with Crippen molar-refractivity contribution in [2.45, 2.75) is 32.4 Å². The molecule has 0 saturated carbocycles. The zero-order valence-electron chi connectivity index (χ0n) is 20.3. The predicted molar refractivity (Wildman–Crippen MR) is 131 cm³/mol. The number of anilines is 1. The van der Waals surface area contributed by atoms with Gasteiger partial charge in [-0.2, -0.15) is 0 Å². The van der Waals surface area contributed by atoms with Crippen LogP contribution in [-0.4, -0.2) is 65.2 Å². The molecular formula is C24H33N3O6S. The highest BCUT2D eigenvalue weighted by Crippen LogP contribution is 2.29. The fourth-order valence-electron chi connectivity index (χ4n) is 3.58. The third-order valence-corrected chi connectivity index (χ3v) is 6.59. The zero-order chi connectivity index (χ0) is 25.3. The lowest BCUT2D eigenvalue weighted by Crippen LogP contribution is -2.46. The lowest BCUT2D eigenvalue weighted by Gasteiger charge is -2.29.